The van der Waals surface area contributed by atoms with Crippen LogP contribution in [0.15, 0.2) is 42.5 Å². The van der Waals surface area contributed by atoms with E-state index in [2.05, 4.69) is 24.1 Å². The number of amides is 1. The van der Waals surface area contributed by atoms with E-state index in [1.165, 1.54) is 0 Å². The third-order valence-electron chi connectivity index (χ3n) is 4.79. The Morgan fingerprint density at radius 3 is 2.63 bits per heavy atom. The first-order valence-electron chi connectivity index (χ1n) is 9.10. The van der Waals surface area contributed by atoms with Crippen molar-refractivity contribution in [3.8, 4) is 11.5 Å². The molecule has 1 aliphatic rings. The second-order valence-electron chi connectivity index (χ2n) is 6.61. The number of hydrogen-bond acceptors (Lipinski definition) is 4. The first-order valence-corrected chi connectivity index (χ1v) is 9.47. The molecular formula is C21H25ClN2O3. The van der Waals surface area contributed by atoms with E-state index < -0.39 is 0 Å². The predicted molar refractivity (Wildman–Crippen MR) is 107 cm³/mol. The highest BCUT2D eigenvalue weighted by molar-refractivity contribution is 6.32. The van der Waals surface area contributed by atoms with Gasteiger partial charge in [-0.1, -0.05) is 41.9 Å². The molecule has 0 aliphatic carbocycles. The minimum atomic E-state index is -0.0554. The topological polar surface area (TPSA) is 42.0 Å². The van der Waals surface area contributed by atoms with Gasteiger partial charge in [-0.05, 0) is 31.7 Å². The van der Waals surface area contributed by atoms with E-state index in [0.29, 0.717) is 35.2 Å². The van der Waals surface area contributed by atoms with Gasteiger partial charge in [0.05, 0.1) is 24.8 Å². The van der Waals surface area contributed by atoms with E-state index in [1.54, 1.807) is 19.2 Å². The second-order valence-corrected chi connectivity index (χ2v) is 7.02. The zero-order chi connectivity index (χ0) is 19.4. The Balaban J connectivity index is 1.94. The molecule has 0 unspecified atom stereocenters. The molecule has 1 heterocycles. The lowest BCUT2D eigenvalue weighted by Crippen LogP contribution is -2.49. The number of piperazine rings is 1. The third kappa shape index (κ3) is 4.20. The van der Waals surface area contributed by atoms with Gasteiger partial charge in [-0.15, -0.1) is 0 Å². The van der Waals surface area contributed by atoms with Crippen LogP contribution >= 0.6 is 11.6 Å². The van der Waals surface area contributed by atoms with Gasteiger partial charge in [-0.3, -0.25) is 4.79 Å². The van der Waals surface area contributed by atoms with E-state index in [-0.39, 0.29) is 11.9 Å². The van der Waals surface area contributed by atoms with Crippen molar-refractivity contribution in [1.82, 2.24) is 9.80 Å². The number of hydrogen-bond donors (Lipinski definition) is 0. The summed E-state index contributed by atoms with van der Waals surface area (Å²) >= 11 is 6.37. The van der Waals surface area contributed by atoms with Crippen LogP contribution in [0.4, 0.5) is 0 Å². The predicted octanol–water partition coefficient (Wildman–Crippen LogP) is 3.88. The Morgan fingerprint density at radius 2 is 1.96 bits per heavy atom. The molecule has 6 heteroatoms. The first-order chi connectivity index (χ1) is 13.0. The molecule has 0 bridgehead atoms. The molecule has 1 fully saturated rings. The van der Waals surface area contributed by atoms with Crippen molar-refractivity contribution in [2.24, 2.45) is 0 Å². The van der Waals surface area contributed by atoms with E-state index in [1.807, 2.05) is 30.0 Å². The summed E-state index contributed by atoms with van der Waals surface area (Å²) in [4.78, 5) is 17.5. The SMILES string of the molecule is CCOc1c(Cl)cc(C(=O)N2CCN(C)C[C@@H]2c2ccccc2)cc1OC. The Labute approximate surface area is 165 Å². The average molecular weight is 389 g/mol. The number of nitrogens with zero attached hydrogens (tertiary/aromatic N) is 2. The highest BCUT2D eigenvalue weighted by Crippen LogP contribution is 2.37. The molecule has 144 valence electrons. The van der Waals surface area contributed by atoms with Gasteiger partial charge in [-0.2, -0.15) is 0 Å². The molecule has 1 saturated heterocycles. The zero-order valence-corrected chi connectivity index (χ0v) is 16.7. The van der Waals surface area contributed by atoms with E-state index >= 15 is 0 Å². The molecule has 5 nitrogen and oxygen atoms in total. The van der Waals surface area contributed by atoms with Gasteiger partial charge in [0.25, 0.3) is 5.91 Å². The maximum absolute atomic E-state index is 13.3. The number of rotatable bonds is 5. The molecule has 0 spiro atoms. The highest BCUT2D eigenvalue weighted by atomic mass is 35.5. The van der Waals surface area contributed by atoms with Gasteiger partial charge in [0, 0.05) is 25.2 Å². The molecule has 27 heavy (non-hydrogen) atoms. The number of carbonyl (C=O) groups is 1. The Hall–Kier alpha value is -2.24. The van der Waals surface area contributed by atoms with Crippen LogP contribution in [0.5, 0.6) is 11.5 Å². The van der Waals surface area contributed by atoms with Gasteiger partial charge in [0.2, 0.25) is 0 Å². The molecular weight excluding hydrogens is 364 g/mol. The van der Waals surface area contributed by atoms with Crippen molar-refractivity contribution in [2.75, 3.05) is 40.4 Å². The fourth-order valence-electron chi connectivity index (χ4n) is 3.42. The summed E-state index contributed by atoms with van der Waals surface area (Å²) in [5.41, 5.74) is 1.63. The van der Waals surface area contributed by atoms with Crippen LogP contribution in [0, 0.1) is 0 Å². The van der Waals surface area contributed by atoms with E-state index in [0.717, 1.165) is 18.7 Å². The quantitative estimate of drug-likeness (QED) is 0.779. The molecule has 2 aromatic carbocycles. The maximum Gasteiger partial charge on any atom is 0.254 e. The normalized spacial score (nSPS) is 17.6. The molecule has 3 rings (SSSR count). The van der Waals surface area contributed by atoms with Gasteiger partial charge in [0.15, 0.2) is 11.5 Å². The second kappa shape index (κ2) is 8.63. The highest BCUT2D eigenvalue weighted by Gasteiger charge is 2.31. The van der Waals surface area contributed by atoms with Crippen LogP contribution in [-0.4, -0.2) is 56.1 Å². The molecule has 0 aromatic heterocycles. The van der Waals surface area contributed by atoms with E-state index in [9.17, 15) is 4.79 Å². The lowest BCUT2D eigenvalue weighted by atomic mass is 10.0. The van der Waals surface area contributed by atoms with Crippen LogP contribution in [0.2, 0.25) is 5.02 Å². The summed E-state index contributed by atoms with van der Waals surface area (Å²) in [7, 11) is 3.62. The first kappa shape index (κ1) is 19.5. The van der Waals surface area contributed by atoms with Crippen LogP contribution in [-0.2, 0) is 0 Å². The van der Waals surface area contributed by atoms with E-state index in [4.69, 9.17) is 21.1 Å². The molecule has 0 N–H and O–H groups in total. The van der Waals surface area contributed by atoms with Crippen molar-refractivity contribution in [1.29, 1.82) is 0 Å². The summed E-state index contributed by atoms with van der Waals surface area (Å²) in [6, 6.07) is 13.5. The van der Waals surface area contributed by atoms with Crippen molar-refractivity contribution in [3.05, 3.63) is 58.6 Å². The number of carbonyl (C=O) groups excluding carboxylic acids is 1. The number of likely N-dealkylation sites (N-methyl/N-ethyl adjacent to an activating group) is 1. The lowest BCUT2D eigenvalue weighted by molar-refractivity contribution is 0.0497. The largest absolute Gasteiger partial charge is 0.493 e. The number of methoxy groups -OCH3 is 1. The maximum atomic E-state index is 13.3. The van der Waals surface area contributed by atoms with Gasteiger partial charge in [-0.25, -0.2) is 0 Å². The summed E-state index contributed by atoms with van der Waals surface area (Å²) in [6.07, 6.45) is 0. The van der Waals surface area contributed by atoms with Crippen molar-refractivity contribution in [3.63, 3.8) is 0 Å². The monoisotopic (exact) mass is 388 g/mol. The third-order valence-corrected chi connectivity index (χ3v) is 5.07. The van der Waals surface area contributed by atoms with Crippen molar-refractivity contribution < 1.29 is 14.3 Å². The van der Waals surface area contributed by atoms with Crippen molar-refractivity contribution >= 4 is 17.5 Å². The molecule has 1 atom stereocenters. The Kier molecular flexibility index (Phi) is 6.24. The Bertz CT molecular complexity index is 798. The average Bonchev–Trinajstić information content (AvgIpc) is 2.69. The van der Waals surface area contributed by atoms with Crippen LogP contribution < -0.4 is 9.47 Å². The van der Waals surface area contributed by atoms with Gasteiger partial charge < -0.3 is 19.3 Å². The summed E-state index contributed by atoms with van der Waals surface area (Å²) in [6.45, 7) is 4.62. The fraction of sp³-hybridized carbons (Fsp3) is 0.381. The molecule has 2 aromatic rings. The minimum Gasteiger partial charge on any atom is -0.493 e. The molecule has 1 aliphatic heterocycles. The minimum absolute atomic E-state index is 0.00575. The molecule has 0 radical (unpaired) electrons. The van der Waals surface area contributed by atoms with Gasteiger partial charge >= 0.3 is 0 Å². The Morgan fingerprint density at radius 1 is 1.22 bits per heavy atom. The molecule has 1 amide bonds. The fourth-order valence-corrected chi connectivity index (χ4v) is 3.68. The standard InChI is InChI=1S/C21H25ClN2O3/c1-4-27-20-17(22)12-16(13-19(20)26-3)21(25)24-11-10-23(2)14-18(24)15-8-6-5-7-9-15/h5-9,12-13,18H,4,10-11,14H2,1-3H3/t18-/m1/s1. The number of ether oxygens (including phenoxy) is 2. The zero-order valence-electron chi connectivity index (χ0n) is 15.9. The van der Waals surface area contributed by atoms with Crippen LogP contribution in [0.25, 0.3) is 0 Å². The van der Waals surface area contributed by atoms with Crippen LogP contribution in [0.1, 0.15) is 28.9 Å². The summed E-state index contributed by atoms with van der Waals surface area (Å²) < 4.78 is 11.0. The summed E-state index contributed by atoms with van der Waals surface area (Å²) in [5, 5.41) is 0.380. The lowest BCUT2D eigenvalue weighted by Gasteiger charge is -2.40. The summed E-state index contributed by atoms with van der Waals surface area (Å²) in [5.74, 6) is 0.884. The van der Waals surface area contributed by atoms with Crippen LogP contribution in [0.3, 0.4) is 0 Å². The molecule has 0 saturated carbocycles. The number of halogens is 1. The smallest absolute Gasteiger partial charge is 0.254 e. The van der Waals surface area contributed by atoms with Crippen molar-refractivity contribution in [2.45, 2.75) is 13.0 Å². The van der Waals surface area contributed by atoms with Gasteiger partial charge in [0.1, 0.15) is 0 Å². The number of benzene rings is 2.